The quantitative estimate of drug-likeness (QED) is 0.303. The second-order valence-corrected chi connectivity index (χ2v) is 7.69. The van der Waals surface area contributed by atoms with Crippen LogP contribution in [-0.4, -0.2) is 9.55 Å². The molecule has 0 bridgehead atoms. The van der Waals surface area contributed by atoms with Crippen LogP contribution < -0.4 is 0 Å². The topological polar surface area (TPSA) is 17.8 Å². The Morgan fingerprint density at radius 3 is 1.94 bits per heavy atom. The van der Waals surface area contributed by atoms with E-state index in [4.69, 9.17) is 4.98 Å². The molecule has 5 aromatic carbocycles. The second-order valence-electron chi connectivity index (χ2n) is 7.69. The fourth-order valence-electron chi connectivity index (χ4n) is 4.49. The summed E-state index contributed by atoms with van der Waals surface area (Å²) in [5.74, 6) is 0.951. The van der Waals surface area contributed by atoms with Crippen molar-refractivity contribution in [2.75, 3.05) is 0 Å². The van der Waals surface area contributed by atoms with Crippen LogP contribution in [0.2, 0.25) is 0 Å². The zero-order valence-electron chi connectivity index (χ0n) is 16.9. The highest BCUT2D eigenvalue weighted by Gasteiger charge is 2.14. The highest BCUT2D eigenvalue weighted by molar-refractivity contribution is 6.09. The van der Waals surface area contributed by atoms with Crippen molar-refractivity contribution in [1.29, 1.82) is 0 Å². The average molecular weight is 396 g/mol. The summed E-state index contributed by atoms with van der Waals surface area (Å²) in [6.45, 7) is 0. The molecule has 0 atom stereocenters. The van der Waals surface area contributed by atoms with Crippen molar-refractivity contribution in [1.82, 2.24) is 9.55 Å². The summed E-state index contributed by atoms with van der Waals surface area (Å²) in [5.41, 5.74) is 4.74. The lowest BCUT2D eigenvalue weighted by atomic mass is 9.92. The molecular formula is C29H20N2. The zero-order valence-corrected chi connectivity index (χ0v) is 16.9. The van der Waals surface area contributed by atoms with E-state index in [1.54, 1.807) is 0 Å². The van der Waals surface area contributed by atoms with E-state index in [1.165, 1.54) is 32.7 Å². The first kappa shape index (κ1) is 17.7. The van der Waals surface area contributed by atoms with Gasteiger partial charge in [0.25, 0.3) is 0 Å². The maximum Gasteiger partial charge on any atom is 0.145 e. The Hall–Kier alpha value is -4.17. The van der Waals surface area contributed by atoms with Gasteiger partial charge in [0, 0.05) is 23.6 Å². The van der Waals surface area contributed by atoms with E-state index in [0.717, 1.165) is 17.1 Å². The molecule has 0 aliphatic carbocycles. The third-order valence-corrected chi connectivity index (χ3v) is 5.92. The lowest BCUT2D eigenvalue weighted by Crippen LogP contribution is -1.97. The maximum atomic E-state index is 4.73. The van der Waals surface area contributed by atoms with E-state index in [9.17, 15) is 0 Å². The first-order chi connectivity index (χ1) is 15.4. The summed E-state index contributed by atoms with van der Waals surface area (Å²) < 4.78 is 2.15. The zero-order chi connectivity index (χ0) is 20.6. The molecule has 0 unspecified atom stereocenters. The third-order valence-electron chi connectivity index (χ3n) is 5.92. The van der Waals surface area contributed by atoms with Crippen LogP contribution >= 0.6 is 0 Å². The highest BCUT2D eigenvalue weighted by atomic mass is 15.1. The van der Waals surface area contributed by atoms with E-state index in [0.29, 0.717) is 0 Å². The number of hydrogen-bond acceptors (Lipinski definition) is 1. The van der Waals surface area contributed by atoms with Crippen LogP contribution in [0.1, 0.15) is 0 Å². The van der Waals surface area contributed by atoms with E-state index in [2.05, 4.69) is 108 Å². The van der Waals surface area contributed by atoms with Crippen molar-refractivity contribution in [2.45, 2.75) is 0 Å². The smallest absolute Gasteiger partial charge is 0.145 e. The van der Waals surface area contributed by atoms with Crippen molar-refractivity contribution < 1.29 is 0 Å². The normalized spacial score (nSPS) is 11.2. The van der Waals surface area contributed by atoms with E-state index >= 15 is 0 Å². The minimum absolute atomic E-state index is 0.951. The predicted octanol–water partition coefficient (Wildman–Crippen LogP) is 7.51. The van der Waals surface area contributed by atoms with Crippen LogP contribution in [0.3, 0.4) is 0 Å². The molecule has 0 spiro atoms. The second kappa shape index (κ2) is 7.26. The molecule has 0 aliphatic rings. The van der Waals surface area contributed by atoms with Gasteiger partial charge in [-0.15, -0.1) is 0 Å². The molecule has 1 aromatic heterocycles. The van der Waals surface area contributed by atoms with Crippen LogP contribution in [0.5, 0.6) is 0 Å². The number of rotatable bonds is 3. The van der Waals surface area contributed by atoms with Crippen LogP contribution in [0.15, 0.2) is 122 Å². The minimum atomic E-state index is 0.951. The summed E-state index contributed by atoms with van der Waals surface area (Å²) in [6.07, 6.45) is 3.90. The molecule has 0 radical (unpaired) electrons. The number of benzene rings is 5. The summed E-state index contributed by atoms with van der Waals surface area (Å²) >= 11 is 0. The van der Waals surface area contributed by atoms with Crippen LogP contribution in [0.4, 0.5) is 0 Å². The molecule has 6 aromatic rings. The number of para-hydroxylation sites is 1. The van der Waals surface area contributed by atoms with Crippen molar-refractivity contribution in [2.24, 2.45) is 0 Å². The molecule has 6 rings (SSSR count). The first-order valence-electron chi connectivity index (χ1n) is 10.5. The van der Waals surface area contributed by atoms with E-state index < -0.39 is 0 Å². The summed E-state index contributed by atoms with van der Waals surface area (Å²) in [4.78, 5) is 4.73. The molecule has 1 heterocycles. The van der Waals surface area contributed by atoms with Gasteiger partial charge in [0.05, 0.1) is 0 Å². The standard InChI is InChI=1S/C29H20N2/c1-2-11-22(12-3-1)31-20-19-30-29(31)28-18-17-27(25-14-6-7-15-26(25)28)24-16-8-10-21-9-4-5-13-23(21)24/h1-20H. The van der Waals surface area contributed by atoms with Gasteiger partial charge in [-0.2, -0.15) is 0 Å². The van der Waals surface area contributed by atoms with Crippen LogP contribution in [-0.2, 0) is 0 Å². The lowest BCUT2D eigenvalue weighted by molar-refractivity contribution is 1.07. The molecule has 0 aliphatic heterocycles. The van der Waals surface area contributed by atoms with Gasteiger partial charge in [0.15, 0.2) is 0 Å². The Bertz CT molecular complexity index is 1520. The van der Waals surface area contributed by atoms with E-state index in [-0.39, 0.29) is 0 Å². The molecule has 0 amide bonds. The molecule has 0 saturated heterocycles. The Balaban J connectivity index is 1.61. The molecule has 31 heavy (non-hydrogen) atoms. The van der Waals surface area contributed by atoms with Gasteiger partial charge >= 0.3 is 0 Å². The number of nitrogens with zero attached hydrogens (tertiary/aromatic N) is 2. The molecule has 0 N–H and O–H groups in total. The van der Waals surface area contributed by atoms with Gasteiger partial charge in [-0.3, -0.25) is 4.57 Å². The number of fused-ring (bicyclic) bond motifs is 2. The average Bonchev–Trinajstić information content (AvgIpc) is 3.33. The Labute approximate surface area is 181 Å². The van der Waals surface area contributed by atoms with Gasteiger partial charge in [0.2, 0.25) is 0 Å². The highest BCUT2D eigenvalue weighted by Crippen LogP contribution is 2.38. The van der Waals surface area contributed by atoms with Crippen molar-refractivity contribution in [3.8, 4) is 28.2 Å². The summed E-state index contributed by atoms with van der Waals surface area (Å²) in [6, 6.07) is 38.6. The molecule has 146 valence electrons. The third kappa shape index (κ3) is 2.92. The van der Waals surface area contributed by atoms with Gasteiger partial charge in [-0.05, 0) is 50.9 Å². The molecule has 2 heteroatoms. The van der Waals surface area contributed by atoms with Crippen LogP contribution in [0.25, 0.3) is 49.7 Å². The number of aromatic nitrogens is 2. The summed E-state index contributed by atoms with van der Waals surface area (Å²) in [7, 11) is 0. The predicted molar refractivity (Wildman–Crippen MR) is 129 cm³/mol. The van der Waals surface area contributed by atoms with Gasteiger partial charge < -0.3 is 0 Å². The van der Waals surface area contributed by atoms with Gasteiger partial charge in [-0.25, -0.2) is 4.98 Å². The maximum absolute atomic E-state index is 4.73. The largest absolute Gasteiger partial charge is 0.300 e. The van der Waals surface area contributed by atoms with Crippen LogP contribution in [0, 0.1) is 0 Å². The summed E-state index contributed by atoms with van der Waals surface area (Å²) in [5, 5.41) is 4.97. The Morgan fingerprint density at radius 1 is 0.484 bits per heavy atom. The monoisotopic (exact) mass is 396 g/mol. The van der Waals surface area contributed by atoms with Gasteiger partial charge in [-0.1, -0.05) is 91.0 Å². The fourth-order valence-corrected chi connectivity index (χ4v) is 4.49. The molecule has 0 saturated carbocycles. The number of hydrogen-bond donors (Lipinski definition) is 0. The van der Waals surface area contributed by atoms with Crippen molar-refractivity contribution in [3.63, 3.8) is 0 Å². The molecule has 2 nitrogen and oxygen atoms in total. The first-order valence-corrected chi connectivity index (χ1v) is 10.5. The molecular weight excluding hydrogens is 376 g/mol. The minimum Gasteiger partial charge on any atom is -0.300 e. The lowest BCUT2D eigenvalue weighted by Gasteiger charge is -2.14. The van der Waals surface area contributed by atoms with E-state index in [1.807, 2.05) is 18.5 Å². The molecule has 0 fully saturated rings. The fraction of sp³-hybridized carbons (Fsp3) is 0. The number of imidazole rings is 1. The Kier molecular flexibility index (Phi) is 4.14. The SMILES string of the molecule is c1ccc(-n2ccnc2-c2ccc(-c3cccc4ccccc34)c3ccccc23)cc1. The van der Waals surface area contributed by atoms with Crippen molar-refractivity contribution in [3.05, 3.63) is 122 Å². The Morgan fingerprint density at radius 2 is 1.10 bits per heavy atom. The van der Waals surface area contributed by atoms with Gasteiger partial charge in [0.1, 0.15) is 5.82 Å². The van der Waals surface area contributed by atoms with Crippen molar-refractivity contribution >= 4 is 21.5 Å².